The summed E-state index contributed by atoms with van der Waals surface area (Å²) in [5.41, 5.74) is 5.10. The highest BCUT2D eigenvalue weighted by Gasteiger charge is 2.00. The zero-order chi connectivity index (χ0) is 34.6. The van der Waals surface area contributed by atoms with Gasteiger partial charge in [-0.1, -0.05) is 74.7 Å². The monoisotopic (exact) mass is 580 g/mol. The van der Waals surface area contributed by atoms with Crippen LogP contribution in [0.5, 0.6) is 0 Å². The summed E-state index contributed by atoms with van der Waals surface area (Å²) >= 11 is 0. The summed E-state index contributed by atoms with van der Waals surface area (Å²) in [6.07, 6.45) is 8.19. The summed E-state index contributed by atoms with van der Waals surface area (Å²) in [6, 6.07) is 14.6. The molecule has 0 bridgehead atoms. The SMILES string of the molecule is C=C1C=CC(=N)C=C1.O=C=O.[2H]C.[2H]CC(=O)OCc1ccc(CC(C)=O)cc1.[2H]CC(=O)OCc1ccc(CC(C)=O)cc1. The van der Waals surface area contributed by atoms with Gasteiger partial charge in [0.25, 0.3) is 0 Å². The van der Waals surface area contributed by atoms with Crippen LogP contribution in [-0.4, -0.2) is 35.4 Å². The van der Waals surface area contributed by atoms with Crippen LogP contribution in [-0.2, 0) is 64.3 Å². The van der Waals surface area contributed by atoms with Gasteiger partial charge in [-0.15, -0.1) is 0 Å². The van der Waals surface area contributed by atoms with Gasteiger partial charge in [0.15, 0.2) is 0 Å². The molecule has 42 heavy (non-hydrogen) atoms. The number of nitrogens with one attached hydrogen (secondary N) is 1. The van der Waals surface area contributed by atoms with Gasteiger partial charge >= 0.3 is 18.1 Å². The van der Waals surface area contributed by atoms with Gasteiger partial charge in [-0.25, -0.2) is 0 Å². The van der Waals surface area contributed by atoms with E-state index >= 15 is 0 Å². The number of rotatable bonds is 8. The first-order chi connectivity index (χ1) is 21.4. The van der Waals surface area contributed by atoms with E-state index in [1.54, 1.807) is 26.0 Å². The Morgan fingerprint density at radius 2 is 1.05 bits per heavy atom. The second-order valence-electron chi connectivity index (χ2n) is 8.49. The van der Waals surface area contributed by atoms with Gasteiger partial charge in [0.2, 0.25) is 0 Å². The van der Waals surface area contributed by atoms with E-state index in [9.17, 15) is 19.2 Å². The topological polar surface area (TPSA) is 145 Å². The summed E-state index contributed by atoms with van der Waals surface area (Å²) < 4.78 is 28.9. The van der Waals surface area contributed by atoms with Crippen LogP contribution >= 0.6 is 0 Å². The van der Waals surface area contributed by atoms with Crippen LogP contribution in [0.4, 0.5) is 0 Å². The molecule has 224 valence electrons. The lowest BCUT2D eigenvalue weighted by Crippen LogP contribution is -2.00. The number of allylic oxidation sites excluding steroid dienone is 5. The maximum atomic E-state index is 10.9. The van der Waals surface area contributed by atoms with Crippen LogP contribution in [0.15, 0.2) is 85.0 Å². The summed E-state index contributed by atoms with van der Waals surface area (Å²) in [7, 11) is 1.25. The fraction of sp³-hybridized carbons (Fsp3) is 0.273. The fourth-order valence-electron chi connectivity index (χ4n) is 2.91. The summed E-state index contributed by atoms with van der Waals surface area (Å²) in [5.74, 6) is -0.831. The molecule has 9 nitrogen and oxygen atoms in total. The number of hydrogen-bond donors (Lipinski definition) is 1. The van der Waals surface area contributed by atoms with E-state index in [1.165, 1.54) is 7.40 Å². The maximum absolute atomic E-state index is 10.9. The van der Waals surface area contributed by atoms with Crippen molar-refractivity contribution < 1.29 is 42.4 Å². The van der Waals surface area contributed by atoms with E-state index < -0.39 is 11.9 Å². The quantitative estimate of drug-likeness (QED) is 0.403. The van der Waals surface area contributed by atoms with Gasteiger partial charge in [0.1, 0.15) is 24.8 Å². The lowest BCUT2D eigenvalue weighted by atomic mass is 10.1. The van der Waals surface area contributed by atoms with Gasteiger partial charge in [0, 0.05) is 30.8 Å². The molecule has 0 aromatic heterocycles. The second kappa shape index (κ2) is 22.8. The number of ether oxygens (including phenoxy) is 2. The Kier molecular flexibility index (Phi) is 18.0. The third-order valence-corrected chi connectivity index (χ3v) is 4.71. The third kappa shape index (κ3) is 21.9. The minimum Gasteiger partial charge on any atom is -0.461 e. The summed E-state index contributed by atoms with van der Waals surface area (Å²) in [5, 5.41) is 7.06. The predicted octanol–water partition coefficient (Wildman–Crippen LogP) is 5.50. The van der Waals surface area contributed by atoms with Crippen molar-refractivity contribution in [3.8, 4) is 0 Å². The molecule has 0 spiro atoms. The lowest BCUT2D eigenvalue weighted by Gasteiger charge is -2.03. The zero-order valence-electron chi connectivity index (χ0n) is 27.1. The van der Waals surface area contributed by atoms with Gasteiger partial charge in [-0.3, -0.25) is 19.2 Å². The molecule has 0 saturated carbocycles. The van der Waals surface area contributed by atoms with Gasteiger partial charge in [-0.2, -0.15) is 9.59 Å². The van der Waals surface area contributed by atoms with Gasteiger partial charge in [0.05, 0.1) is 5.71 Å². The van der Waals surface area contributed by atoms with Crippen LogP contribution in [0, 0.1) is 5.41 Å². The number of carbonyl (C=O) groups is 4. The van der Waals surface area contributed by atoms with E-state index in [2.05, 4.69) is 6.58 Å². The molecule has 0 amide bonds. The van der Waals surface area contributed by atoms with Crippen LogP contribution in [0.25, 0.3) is 0 Å². The first-order valence-corrected chi connectivity index (χ1v) is 12.1. The molecule has 0 saturated heterocycles. The average molecular weight is 581 g/mol. The van der Waals surface area contributed by atoms with E-state index in [0.717, 1.165) is 27.8 Å². The van der Waals surface area contributed by atoms with Crippen molar-refractivity contribution in [2.24, 2.45) is 0 Å². The Hall–Kier alpha value is -5.01. The minimum absolute atomic E-state index is 0.119. The van der Waals surface area contributed by atoms with E-state index in [0.29, 0.717) is 18.6 Å². The Bertz CT molecular complexity index is 1220. The van der Waals surface area contributed by atoms with Crippen LogP contribution < -0.4 is 0 Å². The van der Waals surface area contributed by atoms with Crippen molar-refractivity contribution in [3.05, 3.63) is 107 Å². The molecule has 3 rings (SSSR count). The van der Waals surface area contributed by atoms with Crippen LogP contribution in [0.1, 0.15) is 61.4 Å². The Morgan fingerprint density at radius 3 is 1.31 bits per heavy atom. The van der Waals surface area contributed by atoms with Crippen molar-refractivity contribution >= 4 is 35.4 Å². The molecule has 0 aliphatic heterocycles. The van der Waals surface area contributed by atoms with Gasteiger partial charge in [-0.05, 0) is 53.8 Å². The Morgan fingerprint density at radius 1 is 0.738 bits per heavy atom. The standard InChI is InChI=1S/2C12H14O3.C7H7N.CO2.CH4/c2*1-9(13)7-11-3-5-12(6-4-11)8-15-10(2)14;1-6-2-4-7(8)5-3-6;2-1-3;/h2*3-6H,7-8H2,1-2H3;2-5,8H,1H2;;1H4/i2*2D;;;1D. The third-order valence-electron chi connectivity index (χ3n) is 4.71. The number of carbonyl (C=O) groups excluding carboxylic acids is 6. The maximum Gasteiger partial charge on any atom is 0.373 e. The van der Waals surface area contributed by atoms with E-state index in [4.69, 9.17) is 28.6 Å². The highest BCUT2D eigenvalue weighted by Crippen LogP contribution is 2.08. The van der Waals surface area contributed by atoms with E-state index in [-0.39, 0.29) is 44.7 Å². The largest absolute Gasteiger partial charge is 0.461 e. The normalized spacial score (nSPS) is 11.3. The molecule has 1 aliphatic rings. The minimum atomic E-state index is -0.534. The zero-order valence-corrected chi connectivity index (χ0v) is 24.1. The molecule has 1 N–H and O–H groups in total. The molecule has 1 aliphatic carbocycles. The highest BCUT2D eigenvalue weighted by atomic mass is 16.5. The second-order valence-corrected chi connectivity index (χ2v) is 8.49. The number of hydrogen-bond acceptors (Lipinski definition) is 9. The fourth-order valence-corrected chi connectivity index (χ4v) is 2.91. The van der Waals surface area contributed by atoms with Crippen molar-refractivity contribution in [2.45, 2.75) is 61.1 Å². The Balaban J connectivity index is 0. The smallest absolute Gasteiger partial charge is 0.373 e. The number of benzene rings is 2. The van der Waals surface area contributed by atoms with Crippen molar-refractivity contribution in [2.75, 3.05) is 0 Å². The number of esters is 2. The summed E-state index contributed by atoms with van der Waals surface area (Å²) in [6.45, 7) is 6.41. The molecule has 0 fully saturated rings. The van der Waals surface area contributed by atoms with Crippen LogP contribution in [0.2, 0.25) is 0 Å². The average Bonchev–Trinajstić information content (AvgIpc) is 3.03. The predicted molar refractivity (Wildman–Crippen MR) is 159 cm³/mol. The Labute approximate surface area is 251 Å². The summed E-state index contributed by atoms with van der Waals surface area (Å²) in [4.78, 5) is 59.5. The molecule has 9 heteroatoms. The molecule has 0 heterocycles. The first kappa shape index (κ1) is 33.2. The molecule has 0 atom stereocenters. The number of Topliss-reactive ketones (excluding diaryl/α,β-unsaturated/α-hetero) is 2. The van der Waals surface area contributed by atoms with Crippen LogP contribution in [0.3, 0.4) is 0 Å². The number of ketones is 2. The highest BCUT2D eigenvalue weighted by molar-refractivity contribution is 6.03. The molecule has 2 aromatic rings. The molecular weight excluding hydrogens is 538 g/mol. The molecule has 2 aromatic carbocycles. The van der Waals surface area contributed by atoms with Crippen molar-refractivity contribution in [1.82, 2.24) is 0 Å². The van der Waals surface area contributed by atoms with Crippen molar-refractivity contribution in [1.29, 1.82) is 5.41 Å². The molecule has 0 radical (unpaired) electrons. The van der Waals surface area contributed by atoms with Crippen molar-refractivity contribution in [3.63, 3.8) is 0 Å². The molecule has 0 unspecified atom stereocenters. The van der Waals surface area contributed by atoms with E-state index in [1.807, 2.05) is 60.7 Å². The van der Waals surface area contributed by atoms with Gasteiger partial charge < -0.3 is 14.9 Å². The first-order valence-electron chi connectivity index (χ1n) is 14.5. The molecular formula is C33H39NO8. The lowest BCUT2D eigenvalue weighted by molar-refractivity contribution is -0.191.